The van der Waals surface area contributed by atoms with Gasteiger partial charge in [-0.3, -0.25) is 0 Å². The number of benzene rings is 12. The number of anilines is 3. The summed E-state index contributed by atoms with van der Waals surface area (Å²) in [6, 6.07) is 91.9. The summed E-state index contributed by atoms with van der Waals surface area (Å²) >= 11 is 0. The highest BCUT2D eigenvalue weighted by atomic mass is 16.3. The van der Waals surface area contributed by atoms with Crippen molar-refractivity contribution in [3.63, 3.8) is 0 Å². The Morgan fingerprint density at radius 1 is 0.290 bits per heavy atom. The maximum absolute atomic E-state index is 6.43. The molecule has 1 spiro atoms. The summed E-state index contributed by atoms with van der Waals surface area (Å²) in [5.74, 6) is 0. The van der Waals surface area contributed by atoms with Gasteiger partial charge in [0.25, 0.3) is 0 Å². The smallest absolute Gasteiger partial charge is 0.143 e. The van der Waals surface area contributed by atoms with Crippen LogP contribution in [0.25, 0.3) is 98.8 Å². The number of hydrogen-bond acceptors (Lipinski definition) is 2. The van der Waals surface area contributed by atoms with Crippen molar-refractivity contribution in [2.45, 2.75) is 5.41 Å². The quantitative estimate of drug-likeness (QED) is 0.160. The molecule has 0 saturated carbocycles. The van der Waals surface area contributed by atoms with Gasteiger partial charge in [0, 0.05) is 33.3 Å². The lowest BCUT2D eigenvalue weighted by atomic mass is 9.70. The van der Waals surface area contributed by atoms with E-state index in [2.05, 4.69) is 241 Å². The van der Waals surface area contributed by atoms with Crippen LogP contribution in [-0.2, 0) is 5.41 Å². The number of fused-ring (bicyclic) bond motifs is 19. The predicted molar refractivity (Wildman–Crippen MR) is 288 cm³/mol. The summed E-state index contributed by atoms with van der Waals surface area (Å²) in [5, 5.41) is 9.84. The topological polar surface area (TPSA) is 16.4 Å². The first kappa shape index (κ1) is 38.2. The van der Waals surface area contributed by atoms with Crippen LogP contribution in [-0.4, -0.2) is 0 Å². The number of para-hydroxylation sites is 2. The van der Waals surface area contributed by atoms with Crippen LogP contribution in [0.3, 0.4) is 0 Å². The van der Waals surface area contributed by atoms with Gasteiger partial charge in [0.1, 0.15) is 11.2 Å². The van der Waals surface area contributed by atoms with Gasteiger partial charge in [-0.2, -0.15) is 0 Å². The molecular weight excluding hydrogens is 835 g/mol. The molecule has 0 saturated heterocycles. The van der Waals surface area contributed by atoms with Gasteiger partial charge in [0.15, 0.2) is 0 Å². The van der Waals surface area contributed by atoms with Gasteiger partial charge in [-0.25, -0.2) is 0 Å². The Morgan fingerprint density at radius 2 is 0.725 bits per heavy atom. The van der Waals surface area contributed by atoms with Gasteiger partial charge in [0.2, 0.25) is 0 Å². The van der Waals surface area contributed by atoms with Crippen molar-refractivity contribution in [2.24, 2.45) is 0 Å². The minimum Gasteiger partial charge on any atom is -0.455 e. The number of nitrogens with zero attached hydrogens (tertiary/aromatic N) is 1. The van der Waals surface area contributed by atoms with Crippen molar-refractivity contribution >= 4 is 71.3 Å². The van der Waals surface area contributed by atoms with E-state index in [4.69, 9.17) is 4.42 Å². The molecule has 1 aromatic heterocycles. The average Bonchev–Trinajstić information content (AvgIpc) is 4.06. The lowest BCUT2D eigenvalue weighted by Gasteiger charge is -2.36. The molecule has 0 fully saturated rings. The maximum Gasteiger partial charge on any atom is 0.143 e. The van der Waals surface area contributed by atoms with Crippen molar-refractivity contribution in [2.75, 3.05) is 4.90 Å². The first-order valence-electron chi connectivity index (χ1n) is 23.9. The van der Waals surface area contributed by atoms with E-state index in [1.165, 1.54) is 76.8 Å². The molecule has 0 aliphatic heterocycles. The normalized spacial score (nSPS) is 13.0. The van der Waals surface area contributed by atoms with Gasteiger partial charge < -0.3 is 9.32 Å². The third-order valence-electron chi connectivity index (χ3n) is 15.3. The minimum absolute atomic E-state index is 0.526. The largest absolute Gasteiger partial charge is 0.455 e. The molecule has 1 heterocycles. The fraction of sp³-hybridized carbons (Fsp3) is 0.0149. The molecule has 15 rings (SSSR count). The molecule has 0 bridgehead atoms. The van der Waals surface area contributed by atoms with Crippen LogP contribution >= 0.6 is 0 Å². The van der Waals surface area contributed by atoms with Crippen molar-refractivity contribution in [1.29, 1.82) is 0 Å². The average molecular weight is 876 g/mol. The zero-order valence-corrected chi connectivity index (χ0v) is 37.5. The third-order valence-corrected chi connectivity index (χ3v) is 15.3. The first-order valence-corrected chi connectivity index (χ1v) is 23.9. The van der Waals surface area contributed by atoms with Crippen LogP contribution in [0.1, 0.15) is 22.3 Å². The SMILES string of the molecule is c1ccc2c(c1)-c1ccccc1C21c2ccccc2-c2cccc(N(c3ccc(-c4ccc(-c5cccc6c5oc5ccccc56)cc4)cc3)c3ccc4c5ccccc5c5ccccc5c4c3)c21. The van der Waals surface area contributed by atoms with Gasteiger partial charge >= 0.3 is 0 Å². The molecular formula is C67H41NO. The number of hydrogen-bond donors (Lipinski definition) is 0. The van der Waals surface area contributed by atoms with E-state index in [1.54, 1.807) is 0 Å². The summed E-state index contributed by atoms with van der Waals surface area (Å²) in [4.78, 5) is 2.53. The standard InChI is InChI=1S/C67H41NO/c1-2-17-50-48(15-1)49-16-3-4-18-51(49)59-41-46(39-40-52(50)59)68(45-37-35-43(36-38-45)42-31-33-44(34-32-42)47-23-13-25-58-56-22-8-12-30-64(56)69-66(47)58)63-29-14-24-57-55-21-7-11-28-62(55)67(65(57)63)60-26-9-5-19-53(60)54-20-6-10-27-61(54)67/h1-41H. The predicted octanol–water partition coefficient (Wildman–Crippen LogP) is 18.2. The van der Waals surface area contributed by atoms with E-state index in [-0.39, 0.29) is 0 Å². The van der Waals surface area contributed by atoms with Crippen LogP contribution in [0.2, 0.25) is 0 Å². The fourth-order valence-corrected chi connectivity index (χ4v) is 12.4. The second-order valence-corrected chi connectivity index (χ2v) is 18.6. The Balaban J connectivity index is 0.936. The van der Waals surface area contributed by atoms with Crippen molar-refractivity contribution in [3.8, 4) is 44.5 Å². The highest BCUT2D eigenvalue weighted by molar-refractivity contribution is 6.26. The van der Waals surface area contributed by atoms with Crippen molar-refractivity contribution < 1.29 is 4.42 Å². The molecule has 2 aliphatic rings. The molecule has 69 heavy (non-hydrogen) atoms. The van der Waals surface area contributed by atoms with Gasteiger partial charge in [-0.1, -0.05) is 212 Å². The summed E-state index contributed by atoms with van der Waals surface area (Å²) < 4.78 is 6.43. The van der Waals surface area contributed by atoms with E-state index in [0.717, 1.165) is 61.3 Å². The number of rotatable bonds is 5. The van der Waals surface area contributed by atoms with E-state index in [1.807, 2.05) is 12.1 Å². The monoisotopic (exact) mass is 875 g/mol. The van der Waals surface area contributed by atoms with Crippen molar-refractivity contribution in [3.05, 3.63) is 271 Å². The summed E-state index contributed by atoms with van der Waals surface area (Å²) in [6.45, 7) is 0. The lowest BCUT2D eigenvalue weighted by molar-refractivity contribution is 0.670. The molecule has 12 aromatic carbocycles. The molecule has 2 aliphatic carbocycles. The summed E-state index contributed by atoms with van der Waals surface area (Å²) in [6.07, 6.45) is 0. The lowest BCUT2D eigenvalue weighted by Crippen LogP contribution is -2.28. The third kappa shape index (κ3) is 5.31. The van der Waals surface area contributed by atoms with Gasteiger partial charge in [-0.15, -0.1) is 0 Å². The Hall–Kier alpha value is -8.98. The molecule has 2 nitrogen and oxygen atoms in total. The highest BCUT2D eigenvalue weighted by Gasteiger charge is 2.53. The fourth-order valence-electron chi connectivity index (χ4n) is 12.4. The molecule has 320 valence electrons. The summed E-state index contributed by atoms with van der Waals surface area (Å²) in [7, 11) is 0. The van der Waals surface area contributed by atoms with E-state index in [0.29, 0.717) is 0 Å². The zero-order valence-electron chi connectivity index (χ0n) is 37.5. The molecule has 0 amide bonds. The van der Waals surface area contributed by atoms with Gasteiger partial charge in [-0.05, 0) is 124 Å². The molecule has 2 heteroatoms. The Bertz CT molecular complexity index is 4150. The van der Waals surface area contributed by atoms with Crippen LogP contribution in [0.15, 0.2) is 253 Å². The van der Waals surface area contributed by atoms with Gasteiger partial charge in [0.05, 0.1) is 11.1 Å². The zero-order chi connectivity index (χ0) is 45.2. The second-order valence-electron chi connectivity index (χ2n) is 18.6. The Morgan fingerprint density at radius 3 is 1.36 bits per heavy atom. The van der Waals surface area contributed by atoms with E-state index < -0.39 is 5.41 Å². The van der Waals surface area contributed by atoms with Crippen LogP contribution in [0.5, 0.6) is 0 Å². The second kappa shape index (κ2) is 14.5. The minimum atomic E-state index is -0.526. The van der Waals surface area contributed by atoms with Crippen molar-refractivity contribution in [1.82, 2.24) is 0 Å². The summed E-state index contributed by atoms with van der Waals surface area (Å²) in [5.41, 5.74) is 19.7. The highest BCUT2D eigenvalue weighted by Crippen LogP contribution is 2.65. The molecule has 0 radical (unpaired) electrons. The van der Waals surface area contributed by atoms with Crippen LogP contribution in [0.4, 0.5) is 17.1 Å². The molecule has 0 N–H and O–H groups in total. The molecule has 0 unspecified atom stereocenters. The first-order chi connectivity index (χ1) is 34.2. The Kier molecular flexibility index (Phi) is 8.02. The molecule has 0 atom stereocenters. The molecule has 13 aromatic rings. The Labute approximate surface area is 399 Å². The maximum atomic E-state index is 6.43. The van der Waals surface area contributed by atoms with Crippen LogP contribution in [0, 0.1) is 0 Å². The number of furan rings is 1. The van der Waals surface area contributed by atoms with E-state index >= 15 is 0 Å². The van der Waals surface area contributed by atoms with Crippen LogP contribution < -0.4 is 4.90 Å². The van der Waals surface area contributed by atoms with E-state index in [9.17, 15) is 0 Å².